The predicted molar refractivity (Wildman–Crippen MR) is 83.6 cm³/mol. The summed E-state index contributed by atoms with van der Waals surface area (Å²) in [6.07, 6.45) is 0.298. The quantitative estimate of drug-likeness (QED) is 0.653. The Hall–Kier alpha value is -1.93. The summed E-state index contributed by atoms with van der Waals surface area (Å²) < 4.78 is 22.2. The number of hydrogen-bond donors (Lipinski definition) is 3. The van der Waals surface area contributed by atoms with Gasteiger partial charge in [-0.15, -0.1) is 0 Å². The highest BCUT2D eigenvalue weighted by molar-refractivity contribution is 7.88. The third kappa shape index (κ3) is 3.53. The van der Waals surface area contributed by atoms with Crippen LogP contribution in [0.1, 0.15) is 31.4 Å². The first-order valence-electron chi connectivity index (χ1n) is 7.08. The van der Waals surface area contributed by atoms with Crippen molar-refractivity contribution in [2.75, 3.05) is 0 Å². The maximum absolute atomic E-state index is 12.3. The summed E-state index contributed by atoms with van der Waals surface area (Å²) in [6.45, 7) is 3.61. The van der Waals surface area contributed by atoms with Gasteiger partial charge in [0.05, 0.1) is 5.75 Å². The third-order valence-electron chi connectivity index (χ3n) is 4.30. The number of benzene rings is 1. The van der Waals surface area contributed by atoms with E-state index in [1.807, 2.05) is 0 Å². The molecular formula is C15H20N2O5S. The van der Waals surface area contributed by atoms with Crippen LogP contribution in [0.3, 0.4) is 0 Å². The first-order valence-corrected chi connectivity index (χ1v) is 8.79. The van der Waals surface area contributed by atoms with Gasteiger partial charge in [0.2, 0.25) is 15.9 Å². The summed E-state index contributed by atoms with van der Waals surface area (Å²) in [5, 5.41) is 17.0. The Morgan fingerprint density at radius 1 is 1.30 bits per heavy atom. The molecule has 1 saturated carbocycles. The number of primary sulfonamides is 1. The fourth-order valence-electron chi connectivity index (χ4n) is 2.86. The van der Waals surface area contributed by atoms with Crippen molar-refractivity contribution in [1.29, 1.82) is 0 Å². The molecule has 4 N–H and O–H groups in total. The van der Waals surface area contributed by atoms with Gasteiger partial charge in [-0.25, -0.2) is 13.6 Å². The molecule has 23 heavy (non-hydrogen) atoms. The van der Waals surface area contributed by atoms with E-state index in [0.717, 1.165) is 0 Å². The zero-order valence-electron chi connectivity index (χ0n) is 13.0. The van der Waals surface area contributed by atoms with Crippen LogP contribution in [0.25, 0.3) is 0 Å². The van der Waals surface area contributed by atoms with E-state index in [1.165, 1.54) is 0 Å². The molecule has 1 atom stereocenters. The lowest BCUT2D eigenvalue weighted by Crippen LogP contribution is -2.39. The molecule has 2 rings (SSSR count). The van der Waals surface area contributed by atoms with Crippen molar-refractivity contribution in [3.8, 4) is 0 Å². The van der Waals surface area contributed by atoms with Crippen molar-refractivity contribution in [2.24, 2.45) is 16.0 Å². The number of carboxylic acid groups (broad SMARTS) is 1. The van der Waals surface area contributed by atoms with Crippen molar-refractivity contribution in [2.45, 2.75) is 32.6 Å². The fourth-order valence-corrected chi connectivity index (χ4v) is 3.51. The Morgan fingerprint density at radius 2 is 1.87 bits per heavy atom. The topological polar surface area (TPSA) is 127 Å². The monoisotopic (exact) mass is 340 g/mol. The van der Waals surface area contributed by atoms with Crippen molar-refractivity contribution in [3.63, 3.8) is 0 Å². The molecule has 0 spiro atoms. The molecule has 0 bridgehead atoms. The number of rotatable bonds is 6. The fraction of sp³-hybridized carbons (Fsp3) is 0.467. The number of carboxylic acids is 1. The van der Waals surface area contributed by atoms with Gasteiger partial charge in [0.1, 0.15) is 0 Å². The molecule has 1 aromatic carbocycles. The minimum atomic E-state index is -3.63. The number of nitrogens with one attached hydrogen (secondary N) is 1. The Balaban J connectivity index is 2.06. The Bertz CT molecular complexity index is 757. The van der Waals surface area contributed by atoms with Gasteiger partial charge < -0.3 is 10.4 Å². The molecule has 126 valence electrons. The molecule has 1 unspecified atom stereocenters. The molecule has 0 heterocycles. The minimum Gasteiger partial charge on any atom is -0.480 e. The van der Waals surface area contributed by atoms with Crippen LogP contribution in [0.15, 0.2) is 24.3 Å². The molecule has 1 aliphatic carbocycles. The predicted octanol–water partition coefficient (Wildman–Crippen LogP) is 0.592. The van der Waals surface area contributed by atoms with Crippen LogP contribution in [-0.2, 0) is 31.9 Å². The van der Waals surface area contributed by atoms with Crippen LogP contribution in [0.4, 0.5) is 0 Å². The summed E-state index contributed by atoms with van der Waals surface area (Å²) in [7, 11) is -3.63. The van der Waals surface area contributed by atoms with Crippen molar-refractivity contribution in [1.82, 2.24) is 5.32 Å². The number of aliphatic carboxylic acids is 1. The van der Waals surface area contributed by atoms with Crippen LogP contribution < -0.4 is 10.5 Å². The van der Waals surface area contributed by atoms with E-state index in [4.69, 9.17) is 5.14 Å². The summed E-state index contributed by atoms with van der Waals surface area (Å²) in [6, 6.07) is 6.63. The number of carbonyl (C=O) groups excluding carboxylic acids is 1. The molecule has 0 radical (unpaired) electrons. The van der Waals surface area contributed by atoms with Crippen LogP contribution in [0.2, 0.25) is 0 Å². The third-order valence-corrected chi connectivity index (χ3v) is 5.04. The van der Waals surface area contributed by atoms with Gasteiger partial charge in [-0.05, 0) is 23.0 Å². The maximum atomic E-state index is 12.3. The number of nitrogens with two attached hydrogens (primary N) is 1. The molecule has 1 amide bonds. The second kappa shape index (κ2) is 5.61. The molecule has 0 saturated heterocycles. The van der Waals surface area contributed by atoms with Gasteiger partial charge >= 0.3 is 5.97 Å². The Kier molecular flexibility index (Phi) is 4.25. The molecule has 1 fully saturated rings. The van der Waals surface area contributed by atoms with Gasteiger partial charge in [0.25, 0.3) is 0 Å². The van der Waals surface area contributed by atoms with Gasteiger partial charge in [-0.2, -0.15) is 0 Å². The van der Waals surface area contributed by atoms with Gasteiger partial charge in [0, 0.05) is 6.54 Å². The lowest BCUT2D eigenvalue weighted by Gasteiger charge is -2.15. The van der Waals surface area contributed by atoms with Gasteiger partial charge in [-0.3, -0.25) is 9.59 Å². The van der Waals surface area contributed by atoms with E-state index in [2.05, 4.69) is 5.32 Å². The first-order chi connectivity index (χ1) is 10.5. The average Bonchev–Trinajstić information content (AvgIpc) is 2.99. The highest BCUT2D eigenvalue weighted by atomic mass is 32.2. The van der Waals surface area contributed by atoms with E-state index in [-0.39, 0.29) is 12.3 Å². The van der Waals surface area contributed by atoms with Crippen molar-refractivity contribution < 1.29 is 23.1 Å². The standard InChI is InChI=1S/C15H20N2O5S/c1-14(2)9-15(14,13(19)20)12(18)17-7-10-4-3-5-11(6-10)8-23(16,21)22/h3-6H,7-9H2,1-2H3,(H,17,18)(H,19,20)(H2,16,21,22). The van der Waals surface area contributed by atoms with Crippen molar-refractivity contribution in [3.05, 3.63) is 35.4 Å². The van der Waals surface area contributed by atoms with Crippen LogP contribution in [0.5, 0.6) is 0 Å². The largest absolute Gasteiger partial charge is 0.480 e. The highest BCUT2D eigenvalue weighted by Gasteiger charge is 2.71. The second-order valence-electron chi connectivity index (χ2n) is 6.58. The number of sulfonamides is 1. The maximum Gasteiger partial charge on any atom is 0.319 e. The summed E-state index contributed by atoms with van der Waals surface area (Å²) in [4.78, 5) is 23.7. The van der Waals surface area contributed by atoms with Gasteiger partial charge in [-0.1, -0.05) is 38.1 Å². The second-order valence-corrected chi connectivity index (χ2v) is 8.20. The normalized spacial score (nSPS) is 22.4. The van der Waals surface area contributed by atoms with Crippen LogP contribution in [0, 0.1) is 10.8 Å². The smallest absolute Gasteiger partial charge is 0.319 e. The highest BCUT2D eigenvalue weighted by Crippen LogP contribution is 2.63. The zero-order valence-corrected chi connectivity index (χ0v) is 13.8. The Morgan fingerprint density at radius 3 is 2.35 bits per heavy atom. The van der Waals surface area contributed by atoms with E-state index < -0.39 is 32.7 Å². The summed E-state index contributed by atoms with van der Waals surface area (Å²) in [5.74, 6) is -1.93. The number of carbonyl (C=O) groups is 2. The minimum absolute atomic E-state index is 0.127. The number of hydrogen-bond acceptors (Lipinski definition) is 4. The number of amides is 1. The average molecular weight is 340 g/mol. The lowest BCUT2D eigenvalue weighted by atomic mass is 9.95. The summed E-state index contributed by atoms with van der Waals surface area (Å²) >= 11 is 0. The molecule has 7 nitrogen and oxygen atoms in total. The van der Waals surface area contributed by atoms with E-state index in [1.54, 1.807) is 38.1 Å². The first kappa shape index (κ1) is 17.4. The van der Waals surface area contributed by atoms with Crippen LogP contribution in [-0.4, -0.2) is 25.4 Å². The van der Waals surface area contributed by atoms with E-state index in [9.17, 15) is 23.1 Å². The molecule has 8 heteroatoms. The molecule has 1 aliphatic rings. The Labute approximate surface area is 134 Å². The van der Waals surface area contributed by atoms with Crippen molar-refractivity contribution >= 4 is 21.9 Å². The summed E-state index contributed by atoms with van der Waals surface area (Å²) in [5.41, 5.74) is -0.763. The molecular weight excluding hydrogens is 320 g/mol. The molecule has 1 aromatic rings. The molecule has 0 aliphatic heterocycles. The van der Waals surface area contributed by atoms with E-state index in [0.29, 0.717) is 17.5 Å². The molecule has 0 aromatic heterocycles. The SMILES string of the molecule is CC1(C)CC1(C(=O)O)C(=O)NCc1cccc(CS(N)(=O)=O)c1. The van der Waals surface area contributed by atoms with Crippen LogP contribution >= 0.6 is 0 Å². The zero-order chi connectivity index (χ0) is 17.5. The van der Waals surface area contributed by atoms with Gasteiger partial charge in [0.15, 0.2) is 5.41 Å². The van der Waals surface area contributed by atoms with E-state index >= 15 is 0 Å². The lowest BCUT2D eigenvalue weighted by molar-refractivity contribution is -0.150.